The first-order valence-electron chi connectivity index (χ1n) is 7.40. The average molecular weight is 335 g/mol. The molecule has 0 spiro atoms. The standard InChI is InChI=1S/C16H21N3O3S/c1-10-4-5-12(11(2)8-10)17-14(20)9-19-15(21)13(6-7-23-3)18-16(19)22/h4-5,8,13H,6-7,9H2,1-3H3,(H,17,20)(H,18,22). The van der Waals surface area contributed by atoms with Crippen molar-refractivity contribution in [2.75, 3.05) is 23.9 Å². The summed E-state index contributed by atoms with van der Waals surface area (Å²) in [5, 5.41) is 5.37. The second-order valence-electron chi connectivity index (χ2n) is 5.57. The number of carbonyl (C=O) groups is 3. The number of nitrogens with zero attached hydrogens (tertiary/aromatic N) is 1. The Bertz CT molecular complexity index is 633. The molecule has 4 amide bonds. The first kappa shape index (κ1) is 17.3. The van der Waals surface area contributed by atoms with E-state index < -0.39 is 12.1 Å². The highest BCUT2D eigenvalue weighted by atomic mass is 32.2. The monoisotopic (exact) mass is 335 g/mol. The molecule has 2 rings (SSSR count). The number of thioether (sulfide) groups is 1. The molecule has 0 aromatic heterocycles. The van der Waals surface area contributed by atoms with E-state index in [0.717, 1.165) is 21.8 Å². The van der Waals surface area contributed by atoms with Crippen molar-refractivity contribution in [3.05, 3.63) is 29.3 Å². The maximum absolute atomic E-state index is 12.2. The van der Waals surface area contributed by atoms with Gasteiger partial charge in [0.2, 0.25) is 5.91 Å². The highest BCUT2D eigenvalue weighted by Gasteiger charge is 2.38. The van der Waals surface area contributed by atoms with Crippen molar-refractivity contribution < 1.29 is 14.4 Å². The van der Waals surface area contributed by atoms with Crippen LogP contribution < -0.4 is 10.6 Å². The summed E-state index contributed by atoms with van der Waals surface area (Å²) in [6.07, 6.45) is 2.51. The predicted octanol–water partition coefficient (Wildman–Crippen LogP) is 1.92. The van der Waals surface area contributed by atoms with Gasteiger partial charge in [-0.05, 0) is 43.9 Å². The van der Waals surface area contributed by atoms with Crippen LogP contribution in [0.15, 0.2) is 18.2 Å². The smallest absolute Gasteiger partial charge is 0.325 e. The van der Waals surface area contributed by atoms with Crippen LogP contribution in [-0.2, 0) is 9.59 Å². The van der Waals surface area contributed by atoms with Gasteiger partial charge in [-0.1, -0.05) is 17.7 Å². The van der Waals surface area contributed by atoms with Gasteiger partial charge in [-0.3, -0.25) is 14.5 Å². The van der Waals surface area contributed by atoms with Crippen molar-refractivity contribution in [2.45, 2.75) is 26.3 Å². The van der Waals surface area contributed by atoms with Gasteiger partial charge in [0.05, 0.1) is 0 Å². The summed E-state index contributed by atoms with van der Waals surface area (Å²) < 4.78 is 0. The summed E-state index contributed by atoms with van der Waals surface area (Å²) in [5.41, 5.74) is 2.73. The van der Waals surface area contributed by atoms with Gasteiger partial charge in [-0.2, -0.15) is 11.8 Å². The van der Waals surface area contributed by atoms with Crippen LogP contribution in [0, 0.1) is 13.8 Å². The van der Waals surface area contributed by atoms with Crippen molar-refractivity contribution in [2.24, 2.45) is 0 Å². The zero-order valence-corrected chi connectivity index (χ0v) is 14.3. The van der Waals surface area contributed by atoms with Gasteiger partial charge in [0.25, 0.3) is 5.91 Å². The summed E-state index contributed by atoms with van der Waals surface area (Å²) in [6.45, 7) is 3.60. The first-order chi connectivity index (χ1) is 10.9. The van der Waals surface area contributed by atoms with E-state index in [2.05, 4.69) is 10.6 Å². The molecule has 124 valence electrons. The molecule has 1 aromatic rings. The Kier molecular flexibility index (Phi) is 5.65. The lowest BCUT2D eigenvalue weighted by molar-refractivity contribution is -0.130. The second-order valence-corrected chi connectivity index (χ2v) is 6.56. The second kappa shape index (κ2) is 7.50. The maximum Gasteiger partial charge on any atom is 0.325 e. The van der Waals surface area contributed by atoms with Crippen molar-refractivity contribution in [1.29, 1.82) is 0 Å². The van der Waals surface area contributed by atoms with Crippen LogP contribution in [0.2, 0.25) is 0 Å². The fraction of sp³-hybridized carbons (Fsp3) is 0.438. The fourth-order valence-corrected chi connectivity index (χ4v) is 2.92. The van der Waals surface area contributed by atoms with Crippen molar-refractivity contribution in [3.8, 4) is 0 Å². The number of urea groups is 1. The first-order valence-corrected chi connectivity index (χ1v) is 8.79. The zero-order valence-electron chi connectivity index (χ0n) is 13.5. The molecule has 1 aromatic carbocycles. The van der Waals surface area contributed by atoms with Crippen LogP contribution in [0.5, 0.6) is 0 Å². The molecule has 2 N–H and O–H groups in total. The molecule has 0 aliphatic carbocycles. The lowest BCUT2D eigenvalue weighted by Crippen LogP contribution is -2.38. The Balaban J connectivity index is 1.97. The van der Waals surface area contributed by atoms with E-state index in [1.807, 2.05) is 38.3 Å². The third-order valence-corrected chi connectivity index (χ3v) is 4.32. The van der Waals surface area contributed by atoms with Gasteiger partial charge in [0, 0.05) is 5.69 Å². The Morgan fingerprint density at radius 3 is 2.74 bits per heavy atom. The molecule has 0 radical (unpaired) electrons. The van der Waals surface area contributed by atoms with Crippen molar-refractivity contribution in [1.82, 2.24) is 10.2 Å². The highest BCUT2D eigenvalue weighted by Crippen LogP contribution is 2.17. The van der Waals surface area contributed by atoms with E-state index in [9.17, 15) is 14.4 Å². The van der Waals surface area contributed by atoms with E-state index in [0.29, 0.717) is 12.1 Å². The van der Waals surface area contributed by atoms with Gasteiger partial charge < -0.3 is 10.6 Å². The number of aryl methyl sites for hydroxylation is 2. The summed E-state index contributed by atoms with van der Waals surface area (Å²) in [6, 6.07) is 4.65. The van der Waals surface area contributed by atoms with Gasteiger partial charge >= 0.3 is 6.03 Å². The number of imide groups is 1. The molecule has 1 unspecified atom stereocenters. The molecule has 1 atom stereocenters. The lowest BCUT2D eigenvalue weighted by Gasteiger charge is -2.14. The van der Waals surface area contributed by atoms with Crippen LogP contribution in [-0.4, -0.2) is 47.3 Å². The van der Waals surface area contributed by atoms with E-state index in [-0.39, 0.29) is 18.4 Å². The quantitative estimate of drug-likeness (QED) is 0.779. The number of hydrogen-bond donors (Lipinski definition) is 2. The minimum atomic E-state index is -0.524. The Morgan fingerprint density at radius 1 is 1.35 bits per heavy atom. The van der Waals surface area contributed by atoms with Crippen LogP contribution >= 0.6 is 11.8 Å². The summed E-state index contributed by atoms with van der Waals surface area (Å²) in [7, 11) is 0. The van der Waals surface area contributed by atoms with E-state index in [1.54, 1.807) is 11.8 Å². The number of carbonyl (C=O) groups excluding carboxylic acids is 3. The molecule has 0 bridgehead atoms. The number of rotatable bonds is 6. The van der Waals surface area contributed by atoms with Crippen LogP contribution in [0.4, 0.5) is 10.5 Å². The largest absolute Gasteiger partial charge is 0.326 e. The van der Waals surface area contributed by atoms with E-state index >= 15 is 0 Å². The van der Waals surface area contributed by atoms with E-state index in [1.165, 1.54) is 0 Å². The Labute approximate surface area is 140 Å². The minimum absolute atomic E-state index is 0.270. The molecular formula is C16H21N3O3S. The van der Waals surface area contributed by atoms with Crippen LogP contribution in [0.1, 0.15) is 17.5 Å². The summed E-state index contributed by atoms with van der Waals surface area (Å²) in [4.78, 5) is 37.1. The maximum atomic E-state index is 12.2. The normalized spacial score (nSPS) is 17.3. The molecule has 1 saturated heterocycles. The number of nitrogens with one attached hydrogen (secondary N) is 2. The summed E-state index contributed by atoms with van der Waals surface area (Å²) in [5.74, 6) is 0.0602. The van der Waals surface area contributed by atoms with Gasteiger partial charge in [-0.25, -0.2) is 4.79 Å². The predicted molar refractivity (Wildman–Crippen MR) is 91.6 cm³/mol. The van der Waals surface area contributed by atoms with E-state index in [4.69, 9.17) is 0 Å². The molecule has 6 nitrogen and oxygen atoms in total. The van der Waals surface area contributed by atoms with Gasteiger partial charge in [-0.15, -0.1) is 0 Å². The molecule has 0 saturated carbocycles. The number of hydrogen-bond acceptors (Lipinski definition) is 4. The summed E-state index contributed by atoms with van der Waals surface area (Å²) >= 11 is 1.61. The number of anilines is 1. The van der Waals surface area contributed by atoms with Gasteiger partial charge in [0.15, 0.2) is 0 Å². The lowest BCUT2D eigenvalue weighted by atomic mass is 10.1. The molecule has 1 fully saturated rings. The topological polar surface area (TPSA) is 78.5 Å². The molecule has 1 aliphatic rings. The fourth-order valence-electron chi connectivity index (χ4n) is 2.45. The van der Waals surface area contributed by atoms with Crippen molar-refractivity contribution >= 4 is 35.3 Å². The average Bonchev–Trinajstić information content (AvgIpc) is 2.75. The van der Waals surface area contributed by atoms with Crippen LogP contribution in [0.25, 0.3) is 0 Å². The molecule has 1 heterocycles. The third-order valence-electron chi connectivity index (χ3n) is 3.68. The molecule has 23 heavy (non-hydrogen) atoms. The van der Waals surface area contributed by atoms with Crippen molar-refractivity contribution in [3.63, 3.8) is 0 Å². The minimum Gasteiger partial charge on any atom is -0.326 e. The Hall–Kier alpha value is -2.02. The zero-order chi connectivity index (χ0) is 17.0. The number of amides is 4. The molecule has 1 aliphatic heterocycles. The number of benzene rings is 1. The SMILES string of the molecule is CSCCC1NC(=O)N(CC(=O)Nc2ccc(C)cc2C)C1=O. The van der Waals surface area contributed by atoms with Gasteiger partial charge in [0.1, 0.15) is 12.6 Å². The Morgan fingerprint density at radius 2 is 2.09 bits per heavy atom. The van der Waals surface area contributed by atoms with Crippen LogP contribution in [0.3, 0.4) is 0 Å². The molecule has 7 heteroatoms. The molecular weight excluding hydrogens is 314 g/mol. The highest BCUT2D eigenvalue weighted by molar-refractivity contribution is 7.98. The third kappa shape index (κ3) is 4.25.